The molecule has 0 fully saturated rings. The normalized spacial score (nSPS) is 14.1. The largest absolute Gasteiger partial charge is 0.396 e. The fraction of sp³-hybridized carbons (Fsp3) is 0.716. The molecule has 13 amide bonds. The lowest BCUT2D eigenvalue weighted by Gasteiger charge is -2.38. The number of carbonyl (C=O) groups excluding carboxylic acids is 13. The van der Waals surface area contributed by atoms with Crippen LogP contribution in [0.5, 0.6) is 0 Å². The lowest BCUT2D eigenvalue weighted by atomic mass is 9.93. The number of carbonyl (C=O) groups is 13. The minimum Gasteiger partial charge on any atom is -0.396 e. The molecule has 662 valence electrons. The summed E-state index contributed by atoms with van der Waals surface area (Å²) in [6, 6.07) is 5.62. The van der Waals surface area contributed by atoms with Gasteiger partial charge in [-0.3, -0.25) is 67.2 Å². The number of aliphatic hydroxyl groups excluding tert-OH is 1. The first-order chi connectivity index (χ1) is 54.8. The second kappa shape index (κ2) is 52.7. The number of nitrogens with zero attached hydrogens (tertiary/aromatic N) is 9. The monoisotopic (exact) mass is 1660 g/mol. The highest BCUT2D eigenvalue weighted by Gasteiger charge is 2.42. The van der Waals surface area contributed by atoms with Crippen LogP contribution in [0.2, 0.25) is 0 Å². The zero-order chi connectivity index (χ0) is 89.0. The number of nitrogens with one attached hydrogen (secondary N) is 5. The van der Waals surface area contributed by atoms with Crippen molar-refractivity contribution in [2.45, 2.75) is 261 Å². The molecule has 2 aromatic rings. The molecule has 0 aliphatic carbocycles. The molecule has 1 unspecified atom stereocenters. The average Bonchev–Trinajstić information content (AvgIpc) is 0.819. The van der Waals surface area contributed by atoms with E-state index in [1.54, 1.807) is 65.8 Å². The van der Waals surface area contributed by atoms with Crippen LogP contribution in [0, 0.1) is 41.4 Å². The molecule has 2 rings (SSSR count). The van der Waals surface area contributed by atoms with Crippen LogP contribution >= 0.6 is 11.8 Å². The summed E-state index contributed by atoms with van der Waals surface area (Å²) in [7, 11) is 17.5. The van der Waals surface area contributed by atoms with E-state index in [4.69, 9.17) is 0 Å². The van der Waals surface area contributed by atoms with Crippen LogP contribution < -0.4 is 26.6 Å². The molecule has 0 aromatic heterocycles. The molecule has 29 heteroatoms. The standard InChI is InChI=1S/C88H150N14O14S/c1-27-68(92-81(109)72(96(21)75(104)50-60(10)11)51-62(14)34-30-28-29-31-43-102(53-64-35-39-66(40-36-64)83(111)94(17)18)54-65-37-41-67(42-38-65)84(112)95(19)20)85(113)101(26)74(55-117-45-33-32-44-103)87(115)99(24)71(48-58(6)7)82(110)93-77(61(12)13)88(116)100(25)70(47-57(4)5)80(108)91-63(15)78(106)90-52-76(105)97(22)73(49-59(8)9)86(114)98(23)69(46-56(2)3)79(107)89-16/h35-42,56-63,68-74,77,103H,27-34,43-55H2,1-26H3,(H,89,107)(H,90,106)(H,91,108)(H,92,109)(H,93,110)/t62-,63-,68+,69+,70+,71+,72?,73+,74-,77+/m1/s1. The number of benzene rings is 2. The Morgan fingerprint density at radius 1 is 0.419 bits per heavy atom. The number of hydrogen-bond acceptors (Lipinski definition) is 16. The molecule has 0 spiro atoms. The van der Waals surface area contributed by atoms with Gasteiger partial charge in [0.15, 0.2) is 0 Å². The summed E-state index contributed by atoms with van der Waals surface area (Å²) in [5, 5.41) is 23.5. The van der Waals surface area contributed by atoms with E-state index in [-0.39, 0.29) is 104 Å². The molecule has 0 saturated heterocycles. The zero-order valence-electron chi connectivity index (χ0n) is 75.9. The Balaban J connectivity index is 2.41. The third-order valence-electron chi connectivity index (χ3n) is 21.3. The fourth-order valence-electron chi connectivity index (χ4n) is 14.0. The Bertz CT molecular complexity index is 3420. The first-order valence-corrected chi connectivity index (χ1v) is 43.4. The van der Waals surface area contributed by atoms with Crippen molar-refractivity contribution in [2.75, 3.05) is 109 Å². The number of amides is 13. The first kappa shape index (κ1) is 105. The van der Waals surface area contributed by atoms with Gasteiger partial charge in [0, 0.05) is 121 Å². The van der Waals surface area contributed by atoms with Crippen molar-refractivity contribution in [3.05, 3.63) is 70.8 Å². The number of hydrogen-bond donors (Lipinski definition) is 6. The SMILES string of the molecule is CC[C@H](NC(=O)C(C[C@H](C)CCCCCCN(Cc1ccc(C(=O)N(C)C)cc1)Cc1ccc(C(=O)N(C)C)cc1)N(C)C(=O)CC(C)C)C(=O)N(C)[C@H](CSCCCCO)C(=O)N(C)[C@@H](CC(C)C)C(=O)N[C@H](C(=O)N(C)[C@@H](CC(C)C)C(=O)N[C@H](C)C(=O)NCC(=O)N(C)[C@@H](CC(C)C)C(=O)N(C)[C@@H](CC(C)C)C(=O)NC)C(C)C. The highest BCUT2D eigenvalue weighted by Crippen LogP contribution is 2.26. The van der Waals surface area contributed by atoms with Crippen LogP contribution in [0.1, 0.15) is 226 Å². The highest BCUT2D eigenvalue weighted by molar-refractivity contribution is 7.99. The molecule has 0 saturated carbocycles. The second-order valence-corrected chi connectivity index (χ2v) is 36.0. The molecule has 10 atom stereocenters. The van der Waals surface area contributed by atoms with E-state index in [2.05, 4.69) is 38.4 Å². The molecule has 0 aliphatic rings. The predicted octanol–water partition coefficient (Wildman–Crippen LogP) is 8.17. The maximum atomic E-state index is 15.4. The lowest BCUT2D eigenvalue weighted by Crippen LogP contribution is -2.61. The minimum atomic E-state index is -1.23. The number of likely N-dealkylation sites (N-methyl/N-ethyl adjacent to an activating group) is 7. The Labute approximate surface area is 705 Å². The number of aliphatic hydroxyl groups is 1. The smallest absolute Gasteiger partial charge is 0.253 e. The van der Waals surface area contributed by atoms with Crippen molar-refractivity contribution in [3.63, 3.8) is 0 Å². The van der Waals surface area contributed by atoms with Crippen molar-refractivity contribution in [3.8, 4) is 0 Å². The number of rotatable bonds is 53. The Kier molecular flexibility index (Phi) is 47.2. The summed E-state index contributed by atoms with van der Waals surface area (Å²) < 4.78 is 0. The molecule has 6 N–H and O–H groups in total. The predicted molar refractivity (Wildman–Crippen MR) is 464 cm³/mol. The van der Waals surface area contributed by atoms with Gasteiger partial charge in [-0.2, -0.15) is 11.8 Å². The summed E-state index contributed by atoms with van der Waals surface area (Å²) in [6.07, 6.45) is 7.12. The number of unbranched alkanes of at least 4 members (excludes halogenated alkanes) is 4. The van der Waals surface area contributed by atoms with Gasteiger partial charge in [-0.15, -0.1) is 0 Å². The van der Waals surface area contributed by atoms with Crippen LogP contribution in [-0.2, 0) is 65.8 Å². The quantitative estimate of drug-likeness (QED) is 0.0340. The van der Waals surface area contributed by atoms with E-state index >= 15 is 14.4 Å². The van der Waals surface area contributed by atoms with Gasteiger partial charge >= 0.3 is 0 Å². The van der Waals surface area contributed by atoms with Gasteiger partial charge in [0.1, 0.15) is 54.4 Å². The maximum absolute atomic E-state index is 15.4. The van der Waals surface area contributed by atoms with Crippen molar-refractivity contribution in [2.24, 2.45) is 41.4 Å². The van der Waals surface area contributed by atoms with Gasteiger partial charge in [0.25, 0.3) is 11.8 Å². The Morgan fingerprint density at radius 2 is 0.838 bits per heavy atom. The molecule has 0 aliphatic heterocycles. The molecule has 0 heterocycles. The van der Waals surface area contributed by atoms with Crippen molar-refractivity contribution < 1.29 is 67.4 Å². The third kappa shape index (κ3) is 35.3. The number of thioether (sulfide) groups is 1. The summed E-state index contributed by atoms with van der Waals surface area (Å²) in [4.78, 5) is 197. The van der Waals surface area contributed by atoms with Gasteiger partial charge in [-0.05, 0) is 154 Å². The summed E-state index contributed by atoms with van der Waals surface area (Å²) >= 11 is 1.40. The fourth-order valence-corrected chi connectivity index (χ4v) is 15.2. The topological polar surface area (TPSA) is 331 Å². The van der Waals surface area contributed by atoms with Gasteiger partial charge < -0.3 is 70.9 Å². The van der Waals surface area contributed by atoms with Crippen LogP contribution in [0.15, 0.2) is 48.5 Å². The highest BCUT2D eigenvalue weighted by atomic mass is 32.2. The van der Waals surface area contributed by atoms with E-state index in [1.165, 1.54) is 90.4 Å². The zero-order valence-corrected chi connectivity index (χ0v) is 76.7. The van der Waals surface area contributed by atoms with Crippen LogP contribution in [0.3, 0.4) is 0 Å². The van der Waals surface area contributed by atoms with E-state index in [9.17, 15) is 53.1 Å². The van der Waals surface area contributed by atoms with E-state index in [0.717, 1.165) is 49.8 Å². The van der Waals surface area contributed by atoms with E-state index < -0.39 is 120 Å². The van der Waals surface area contributed by atoms with Gasteiger partial charge in [0.05, 0.1) is 6.54 Å². The van der Waals surface area contributed by atoms with E-state index in [1.807, 2.05) is 118 Å². The van der Waals surface area contributed by atoms with Gasteiger partial charge in [0.2, 0.25) is 65.0 Å². The second-order valence-electron chi connectivity index (χ2n) is 34.8. The molecule has 0 radical (unpaired) electrons. The molecule has 117 heavy (non-hydrogen) atoms. The lowest BCUT2D eigenvalue weighted by molar-refractivity contribution is -0.149. The Hall–Kier alpha value is -8.18. The average molecular weight is 1660 g/mol. The van der Waals surface area contributed by atoms with Crippen LogP contribution in [0.25, 0.3) is 0 Å². The van der Waals surface area contributed by atoms with Gasteiger partial charge in [-0.1, -0.05) is 147 Å². The summed E-state index contributed by atoms with van der Waals surface area (Å²) in [5.41, 5.74) is 3.36. The molecule has 2 aromatic carbocycles. The van der Waals surface area contributed by atoms with Crippen LogP contribution in [0.4, 0.5) is 0 Å². The summed E-state index contributed by atoms with van der Waals surface area (Å²) in [5.74, 6) is -6.24. The molecular formula is C88H150N14O14S. The maximum Gasteiger partial charge on any atom is 0.253 e. The van der Waals surface area contributed by atoms with Gasteiger partial charge in [-0.25, -0.2) is 0 Å². The molecular weight excluding hydrogens is 1510 g/mol. The molecule has 28 nitrogen and oxygen atoms in total. The Morgan fingerprint density at radius 3 is 1.28 bits per heavy atom. The van der Waals surface area contributed by atoms with Crippen LogP contribution in [-0.4, -0.2) is 289 Å². The first-order valence-electron chi connectivity index (χ1n) is 42.3. The third-order valence-corrected chi connectivity index (χ3v) is 22.5. The van der Waals surface area contributed by atoms with E-state index in [0.29, 0.717) is 55.7 Å². The summed E-state index contributed by atoms with van der Waals surface area (Å²) in [6.45, 7) is 29.3. The minimum absolute atomic E-state index is 0.00170. The molecule has 0 bridgehead atoms. The van der Waals surface area contributed by atoms with Crippen molar-refractivity contribution in [1.29, 1.82) is 0 Å². The van der Waals surface area contributed by atoms with Crippen molar-refractivity contribution in [1.82, 2.24) is 70.7 Å². The van der Waals surface area contributed by atoms with Crippen molar-refractivity contribution >= 4 is 88.6 Å².